The fourth-order valence-corrected chi connectivity index (χ4v) is 7.55. The minimum absolute atomic E-state index is 0.0787. The highest BCUT2D eigenvalue weighted by Crippen LogP contribution is 2.82. The second-order valence-electron chi connectivity index (χ2n) is 8.52. The summed E-state index contributed by atoms with van der Waals surface area (Å²) in [7, 11) is 0. The van der Waals surface area contributed by atoms with Crippen LogP contribution in [0.4, 0.5) is 0 Å². The van der Waals surface area contributed by atoms with E-state index in [1.54, 1.807) is 0 Å². The molecule has 3 nitrogen and oxygen atoms in total. The van der Waals surface area contributed by atoms with Crippen LogP contribution in [0.2, 0.25) is 0 Å². The fraction of sp³-hybridized carbons (Fsp3) is 0.714. The highest BCUT2D eigenvalue weighted by Gasteiger charge is 2.85. The monoisotopic (exact) mass is 328 g/mol. The van der Waals surface area contributed by atoms with E-state index >= 15 is 0 Å². The number of ether oxygens (including phenoxy) is 1. The zero-order chi connectivity index (χ0) is 17.3. The highest BCUT2D eigenvalue weighted by atomic mass is 16.5. The summed E-state index contributed by atoms with van der Waals surface area (Å²) in [4.78, 5) is 26.6. The molecule has 130 valence electrons. The molecule has 4 rings (SSSR count). The van der Waals surface area contributed by atoms with Gasteiger partial charge in [0.15, 0.2) is 5.78 Å². The average Bonchev–Trinajstić information content (AvgIpc) is 3.11. The first-order valence-electron chi connectivity index (χ1n) is 9.43. The molecule has 4 bridgehead atoms. The Bertz CT molecular complexity index is 637. The normalized spacial score (nSPS) is 51.3. The Balaban J connectivity index is 2.00. The number of carbonyl (C=O) groups is 2. The van der Waals surface area contributed by atoms with Crippen molar-refractivity contribution in [1.82, 2.24) is 0 Å². The molecule has 4 saturated carbocycles. The maximum Gasteiger partial charge on any atom is 0.321 e. The first-order chi connectivity index (χ1) is 11.4. The van der Waals surface area contributed by atoms with Crippen molar-refractivity contribution in [3.63, 3.8) is 0 Å². The molecule has 4 fully saturated rings. The standard InChI is InChI=1S/C21H28O3/c1-5-19-12-15-13(4)8-9-16(15)20(6-2)11-14(19)10-17(22)21(19,20)18(23)24-7-3/h5-6,13-16H,1-2,7-12H2,3-4H3/t13-,14+,15-,16-,19-,20-,21-/m1/s1. The lowest BCUT2D eigenvalue weighted by molar-refractivity contribution is -0.182. The van der Waals surface area contributed by atoms with Gasteiger partial charge in [0.2, 0.25) is 0 Å². The third kappa shape index (κ3) is 1.35. The topological polar surface area (TPSA) is 43.4 Å². The SMILES string of the molecule is C=C[C@@]12C[C@@H]3[C@H](C)CC[C@H]3[C@@]3(C=C)C[C@@H]1CC(=O)[C@@]23C(=O)OCC. The Morgan fingerprint density at radius 1 is 1.25 bits per heavy atom. The van der Waals surface area contributed by atoms with Crippen molar-refractivity contribution in [2.45, 2.75) is 46.0 Å². The van der Waals surface area contributed by atoms with Gasteiger partial charge in [-0.05, 0) is 49.9 Å². The molecule has 0 heterocycles. The van der Waals surface area contributed by atoms with Crippen molar-refractivity contribution in [2.75, 3.05) is 6.61 Å². The van der Waals surface area contributed by atoms with Crippen molar-refractivity contribution < 1.29 is 14.3 Å². The van der Waals surface area contributed by atoms with Crippen molar-refractivity contribution in [3.8, 4) is 0 Å². The number of ketones is 1. The minimum Gasteiger partial charge on any atom is -0.465 e. The maximum atomic E-state index is 13.3. The van der Waals surface area contributed by atoms with Crippen LogP contribution < -0.4 is 0 Å². The number of hydrogen-bond donors (Lipinski definition) is 0. The fourth-order valence-electron chi connectivity index (χ4n) is 7.55. The summed E-state index contributed by atoms with van der Waals surface area (Å²) in [5.74, 6) is 1.54. The smallest absolute Gasteiger partial charge is 0.321 e. The van der Waals surface area contributed by atoms with Crippen LogP contribution in [0.3, 0.4) is 0 Å². The first-order valence-corrected chi connectivity index (χ1v) is 9.43. The third-order valence-corrected chi connectivity index (χ3v) is 8.29. The van der Waals surface area contributed by atoms with Crippen LogP contribution in [0.15, 0.2) is 25.3 Å². The lowest BCUT2D eigenvalue weighted by Gasteiger charge is -2.56. The van der Waals surface area contributed by atoms with Gasteiger partial charge in [0.1, 0.15) is 5.41 Å². The summed E-state index contributed by atoms with van der Waals surface area (Å²) in [6, 6.07) is 0. The molecule has 0 aromatic rings. The van der Waals surface area contributed by atoms with Crippen LogP contribution in [0.25, 0.3) is 0 Å². The molecule has 0 N–H and O–H groups in total. The molecule has 7 atom stereocenters. The van der Waals surface area contributed by atoms with E-state index in [2.05, 4.69) is 20.1 Å². The zero-order valence-corrected chi connectivity index (χ0v) is 14.8. The first kappa shape index (κ1) is 16.1. The Morgan fingerprint density at radius 2 is 1.96 bits per heavy atom. The Labute approximate surface area is 144 Å². The molecule has 4 aliphatic rings. The summed E-state index contributed by atoms with van der Waals surface area (Å²) in [5, 5.41) is 0. The lowest BCUT2D eigenvalue weighted by atomic mass is 9.44. The zero-order valence-electron chi connectivity index (χ0n) is 14.8. The summed E-state index contributed by atoms with van der Waals surface area (Å²) in [5.41, 5.74) is -1.96. The molecular weight excluding hydrogens is 300 g/mol. The number of allylic oxidation sites excluding steroid dienone is 2. The molecule has 0 unspecified atom stereocenters. The second-order valence-corrected chi connectivity index (χ2v) is 8.52. The predicted molar refractivity (Wildman–Crippen MR) is 92.1 cm³/mol. The highest BCUT2D eigenvalue weighted by molar-refractivity contribution is 6.10. The molecule has 0 spiro atoms. The molecular formula is C21H28O3. The molecule has 0 radical (unpaired) electrons. The quantitative estimate of drug-likeness (QED) is 0.446. The number of rotatable bonds is 4. The molecule has 0 aromatic carbocycles. The van der Waals surface area contributed by atoms with Crippen LogP contribution >= 0.6 is 0 Å². The third-order valence-electron chi connectivity index (χ3n) is 8.29. The van der Waals surface area contributed by atoms with Gasteiger partial charge in [0, 0.05) is 17.3 Å². The van der Waals surface area contributed by atoms with E-state index in [-0.39, 0.29) is 17.7 Å². The second kappa shape index (κ2) is 4.83. The van der Waals surface area contributed by atoms with E-state index in [0.29, 0.717) is 30.8 Å². The van der Waals surface area contributed by atoms with E-state index in [1.807, 2.05) is 19.1 Å². The van der Waals surface area contributed by atoms with E-state index in [9.17, 15) is 9.59 Å². The Hall–Kier alpha value is -1.38. The van der Waals surface area contributed by atoms with Crippen LogP contribution in [0, 0.1) is 39.9 Å². The number of hydrogen-bond acceptors (Lipinski definition) is 3. The largest absolute Gasteiger partial charge is 0.465 e. The number of carbonyl (C=O) groups excluding carboxylic acids is 2. The number of fused-ring (bicyclic) bond motifs is 2. The van der Waals surface area contributed by atoms with Gasteiger partial charge in [-0.15, -0.1) is 13.2 Å². The van der Waals surface area contributed by atoms with Gasteiger partial charge in [0.05, 0.1) is 6.61 Å². The van der Waals surface area contributed by atoms with Gasteiger partial charge in [-0.25, -0.2) is 0 Å². The van der Waals surface area contributed by atoms with Gasteiger partial charge in [0.25, 0.3) is 0 Å². The van der Waals surface area contributed by atoms with E-state index < -0.39 is 16.2 Å². The van der Waals surface area contributed by atoms with Gasteiger partial charge in [-0.3, -0.25) is 9.59 Å². The Morgan fingerprint density at radius 3 is 2.58 bits per heavy atom. The van der Waals surface area contributed by atoms with Gasteiger partial charge in [-0.1, -0.05) is 25.5 Å². The molecule has 24 heavy (non-hydrogen) atoms. The van der Waals surface area contributed by atoms with Crippen LogP contribution in [0.1, 0.15) is 46.0 Å². The van der Waals surface area contributed by atoms with Gasteiger partial charge < -0.3 is 4.74 Å². The molecule has 3 heteroatoms. The van der Waals surface area contributed by atoms with Crippen molar-refractivity contribution >= 4 is 11.8 Å². The average molecular weight is 328 g/mol. The minimum atomic E-state index is -1.07. The maximum absolute atomic E-state index is 13.3. The van der Waals surface area contributed by atoms with Crippen molar-refractivity contribution in [2.24, 2.45) is 39.9 Å². The molecule has 0 aromatic heterocycles. The summed E-state index contributed by atoms with van der Waals surface area (Å²) in [6.07, 6.45) is 8.48. The van der Waals surface area contributed by atoms with Gasteiger partial charge in [-0.2, -0.15) is 0 Å². The van der Waals surface area contributed by atoms with Crippen molar-refractivity contribution in [3.05, 3.63) is 25.3 Å². The molecule has 0 amide bonds. The van der Waals surface area contributed by atoms with Crippen molar-refractivity contribution in [1.29, 1.82) is 0 Å². The lowest BCUT2D eigenvalue weighted by Crippen LogP contribution is -2.62. The Kier molecular flexibility index (Phi) is 3.24. The van der Waals surface area contributed by atoms with Gasteiger partial charge >= 0.3 is 5.97 Å². The summed E-state index contributed by atoms with van der Waals surface area (Å²) in [6.45, 7) is 12.7. The van der Waals surface area contributed by atoms with Crippen LogP contribution in [-0.4, -0.2) is 18.4 Å². The molecule has 0 saturated heterocycles. The van der Waals surface area contributed by atoms with E-state index in [1.165, 1.54) is 6.42 Å². The van der Waals surface area contributed by atoms with Crippen LogP contribution in [0.5, 0.6) is 0 Å². The number of esters is 1. The molecule has 4 aliphatic carbocycles. The van der Waals surface area contributed by atoms with Crippen LogP contribution in [-0.2, 0) is 14.3 Å². The predicted octanol–water partition coefficient (Wildman–Crippen LogP) is 3.94. The molecule has 0 aliphatic heterocycles. The van der Waals surface area contributed by atoms with E-state index in [4.69, 9.17) is 4.74 Å². The van der Waals surface area contributed by atoms with E-state index in [0.717, 1.165) is 19.3 Å². The summed E-state index contributed by atoms with van der Waals surface area (Å²) >= 11 is 0. The summed E-state index contributed by atoms with van der Waals surface area (Å²) < 4.78 is 5.53. The number of Topliss-reactive ketones (excluding diaryl/α,β-unsaturated/α-hetero) is 1.